The fraction of sp³-hybridized carbons (Fsp3) is 0.631. The molecule has 6 heterocycles. The molecule has 0 aliphatic rings. The van der Waals surface area contributed by atoms with Gasteiger partial charge in [0.05, 0.1) is 48.8 Å². The van der Waals surface area contributed by atoms with Gasteiger partial charge in [0.15, 0.2) is 46.3 Å². The number of rotatable bonds is 50. The number of sulfonamides is 3. The number of nitrogens with zero attached hydrogens (tertiary/aromatic N) is 19. The maximum Gasteiger partial charge on any atom is 0.243 e. The van der Waals surface area contributed by atoms with Gasteiger partial charge in [-0.1, -0.05) is 289 Å². The number of nitrogen functional groups attached to an aromatic ring is 5. The minimum absolute atomic E-state index is 0. The molecule has 0 fully saturated rings. The highest BCUT2D eigenvalue weighted by molar-refractivity contribution is 7.89. The number of nitrogens with two attached hydrogens (primary N) is 5. The number of aromatic nitrogens is 12. The molecule has 0 saturated carbocycles. The molecule has 0 aliphatic heterocycles. The Morgan fingerprint density at radius 3 is 0.765 bits per heavy atom. The first-order chi connectivity index (χ1) is 63.8. The van der Waals surface area contributed by atoms with E-state index in [4.69, 9.17) is 38.9 Å². The predicted molar refractivity (Wildman–Crippen MR) is 560 cm³/mol. The highest BCUT2D eigenvalue weighted by Crippen LogP contribution is 2.42. The van der Waals surface area contributed by atoms with Crippen LogP contribution in [-0.2, 0) is 51.7 Å². The molecule has 0 aliphatic carbocycles. The van der Waals surface area contributed by atoms with E-state index in [0.29, 0.717) is 131 Å². The standard InChI is InChI=1S/C62H100N14O4S2.C22H40N2O2S.C18H26N8.CH4/c1-15-23-27-45(19-5)40-73(41-46(20-6)28-24-16-2)81(77,78)51-35-31-49(32-36-51)67-69-55-57(61(9,10)11)71-75(59(55)63)53-39-54(66-44-65-53)76-60(64)56(58(72-76)62(12,13)14)70-68-50-33-37-52(38-34-50)82(79,80)74(42-47(21-7)29-25-17-3)43-48(22-8)30-26-18-4;1-5-9-11-19(7-3)17-24(18-20(8-4)12-10-6-2)27(25,26)22-15-13-21(23)14-16-22;1-17(2,3)11-7-13(19)25(23-11)15-9-16(22-10-21-15)26-14(20)8-12(24-26)18(4,5)6;/h31-39,44-48H,15-30,40-43,63-64H2,1-14H3;13-16,19-20H,5-12,17-18,23H2,1-4H3;7-10H,19-20H2,1-6H3;1H4. The van der Waals surface area contributed by atoms with Gasteiger partial charge in [0, 0.05) is 90.9 Å². The smallest absolute Gasteiger partial charge is 0.243 e. The lowest BCUT2D eigenvalue weighted by molar-refractivity contribution is 0.270. The molecule has 30 nitrogen and oxygen atoms in total. The summed E-state index contributed by atoms with van der Waals surface area (Å²) >= 11 is 0. The maximum atomic E-state index is 14.4. The maximum absolute atomic E-state index is 14.4. The Morgan fingerprint density at radius 2 is 0.551 bits per heavy atom. The van der Waals surface area contributed by atoms with E-state index in [1.165, 1.54) is 22.0 Å². The average Bonchev–Trinajstić information content (AvgIpc) is 1.61. The molecular formula is C103H170N24O6S3. The van der Waals surface area contributed by atoms with E-state index in [2.05, 4.69) is 175 Å². The van der Waals surface area contributed by atoms with Gasteiger partial charge in [0.1, 0.15) is 24.3 Å². The van der Waals surface area contributed by atoms with Gasteiger partial charge in [-0.3, -0.25) is 0 Å². The summed E-state index contributed by atoms with van der Waals surface area (Å²) in [6.07, 6.45) is 27.9. The van der Waals surface area contributed by atoms with Gasteiger partial charge in [-0.25, -0.2) is 45.2 Å². The van der Waals surface area contributed by atoms with E-state index >= 15 is 0 Å². The van der Waals surface area contributed by atoms with Crippen LogP contribution in [0.1, 0.15) is 350 Å². The van der Waals surface area contributed by atoms with Crippen LogP contribution in [0, 0.1) is 35.5 Å². The van der Waals surface area contributed by atoms with E-state index < -0.39 is 40.9 Å². The summed E-state index contributed by atoms with van der Waals surface area (Å²) in [7, 11) is -11.1. The van der Waals surface area contributed by atoms with Crippen LogP contribution in [0.4, 0.5) is 51.7 Å². The van der Waals surface area contributed by atoms with Crippen molar-refractivity contribution in [2.75, 3.05) is 67.9 Å². The Bertz CT molecular complexity index is 5200. The molecule has 0 bridgehead atoms. The molecule has 9 rings (SSSR count). The summed E-state index contributed by atoms with van der Waals surface area (Å²) in [4.78, 5) is 18.5. The zero-order chi connectivity index (χ0) is 100.0. The summed E-state index contributed by atoms with van der Waals surface area (Å²) in [6, 6.07) is 26.9. The van der Waals surface area contributed by atoms with E-state index in [-0.39, 0.29) is 63.4 Å². The SMILES string of the molecule is C.CC(C)(C)c1cc(N)n(-c2cc(-n3nc(C(C)(C)C)cc3N)ncn2)n1.CCCCC(CC)CN(CC(CC)CCCC)S(=O)(=O)c1ccc(N)cc1.CCCCC(CC)CN(CC(CC)CCCC)S(=O)(=O)c1ccc(N=Nc2c(C(C)(C)C)nn(-c3cc(-n4nc(C(C)(C)C)c(N=Nc5ccc(S(=O)(=O)N(CC(CC)CCCC)CC(CC)CCCC)cc5)c4N)ncn3)c2N)cc1. The highest BCUT2D eigenvalue weighted by atomic mass is 32.2. The molecule has 6 aromatic heterocycles. The van der Waals surface area contributed by atoms with Crippen molar-refractivity contribution in [3.63, 3.8) is 0 Å². The molecule has 0 amide bonds. The van der Waals surface area contributed by atoms with Crippen LogP contribution >= 0.6 is 0 Å². The molecule has 33 heteroatoms. The number of azo groups is 2. The van der Waals surface area contributed by atoms with Crippen LogP contribution in [0.5, 0.6) is 0 Å². The number of unbranched alkanes of at least 4 members (excludes halogenated alkanes) is 6. The third-order valence-corrected chi connectivity index (χ3v) is 30.9. The van der Waals surface area contributed by atoms with Crippen LogP contribution in [0.3, 0.4) is 0 Å². The molecule has 6 atom stereocenters. The van der Waals surface area contributed by atoms with Gasteiger partial charge in [-0.2, -0.15) is 62.3 Å². The molecule has 0 spiro atoms. The molecular weight excluding hydrogens is 1770 g/mol. The molecule has 6 unspecified atom stereocenters. The van der Waals surface area contributed by atoms with Crippen molar-refractivity contribution in [1.82, 2.24) is 72.0 Å². The van der Waals surface area contributed by atoms with E-state index in [1.807, 2.05) is 53.7 Å². The van der Waals surface area contributed by atoms with Crippen LogP contribution in [0.2, 0.25) is 0 Å². The monoisotopic (exact) mass is 1940 g/mol. The second kappa shape index (κ2) is 53.1. The van der Waals surface area contributed by atoms with Crippen LogP contribution < -0.4 is 28.7 Å². The van der Waals surface area contributed by atoms with Gasteiger partial charge in [0.25, 0.3) is 0 Å². The Hall–Kier alpha value is -9.41. The molecule has 10 N–H and O–H groups in total. The predicted octanol–water partition coefficient (Wildman–Crippen LogP) is 25.2. The molecule has 9 aromatic rings. The van der Waals surface area contributed by atoms with E-state index in [0.717, 1.165) is 165 Å². The lowest BCUT2D eigenvalue weighted by Gasteiger charge is -2.30. The van der Waals surface area contributed by atoms with Gasteiger partial charge in [-0.15, -0.1) is 10.2 Å². The van der Waals surface area contributed by atoms with Crippen LogP contribution in [0.25, 0.3) is 23.3 Å². The van der Waals surface area contributed by atoms with Gasteiger partial charge < -0.3 is 28.7 Å². The fourth-order valence-electron chi connectivity index (χ4n) is 16.1. The minimum atomic E-state index is -3.80. The second-order valence-corrected chi connectivity index (χ2v) is 46.4. The first-order valence-electron chi connectivity index (χ1n) is 49.8. The zero-order valence-electron chi connectivity index (χ0n) is 86.1. The Morgan fingerprint density at radius 1 is 0.316 bits per heavy atom. The lowest BCUT2D eigenvalue weighted by atomic mass is 9.91. The van der Waals surface area contributed by atoms with Gasteiger partial charge in [0.2, 0.25) is 30.1 Å². The third-order valence-electron chi connectivity index (χ3n) is 25.4. The summed E-state index contributed by atoms with van der Waals surface area (Å²) in [5, 5.41) is 37.4. The average molecular weight is 1940 g/mol. The largest absolute Gasteiger partial charge is 0.399 e. The fourth-order valence-corrected chi connectivity index (χ4v) is 20.9. The number of hydrogen-bond donors (Lipinski definition) is 5. The van der Waals surface area contributed by atoms with Crippen molar-refractivity contribution < 1.29 is 25.3 Å². The normalized spacial score (nSPS) is 14.0. The van der Waals surface area contributed by atoms with Crippen molar-refractivity contribution in [2.24, 2.45) is 56.0 Å². The molecule has 756 valence electrons. The van der Waals surface area contributed by atoms with E-state index in [1.54, 1.807) is 107 Å². The third kappa shape index (κ3) is 32.3. The number of hydrogen-bond acceptors (Lipinski definition) is 23. The number of anilines is 5. The summed E-state index contributed by atoms with van der Waals surface area (Å²) in [6.45, 7) is 53.8. The first kappa shape index (κ1) is 115. The summed E-state index contributed by atoms with van der Waals surface area (Å²) in [5.41, 5.74) is 35.6. The topological polar surface area (TPSA) is 415 Å². The minimum Gasteiger partial charge on any atom is -0.399 e. The Labute approximate surface area is 817 Å². The van der Waals surface area contributed by atoms with Crippen molar-refractivity contribution in [2.45, 2.75) is 364 Å². The van der Waals surface area contributed by atoms with Gasteiger partial charge in [-0.05, 0) is 147 Å². The van der Waals surface area contributed by atoms with Gasteiger partial charge >= 0.3 is 0 Å². The Balaban J connectivity index is 0.000000422. The quantitative estimate of drug-likeness (QED) is 0.0175. The zero-order valence-corrected chi connectivity index (χ0v) is 88.6. The summed E-state index contributed by atoms with van der Waals surface area (Å²) in [5.74, 6) is 5.11. The molecule has 0 saturated heterocycles. The van der Waals surface area contributed by atoms with E-state index in [9.17, 15) is 25.3 Å². The van der Waals surface area contributed by atoms with Crippen molar-refractivity contribution in [3.8, 4) is 23.3 Å². The van der Waals surface area contributed by atoms with Crippen molar-refractivity contribution in [3.05, 3.63) is 132 Å². The first-order valence-corrected chi connectivity index (χ1v) is 54.1. The highest BCUT2D eigenvalue weighted by Gasteiger charge is 2.36. The molecule has 0 radical (unpaired) electrons. The van der Waals surface area contributed by atoms with Crippen LogP contribution in [-0.4, -0.2) is 136 Å². The lowest BCUT2D eigenvalue weighted by Crippen LogP contribution is -2.39. The molecule has 136 heavy (non-hydrogen) atoms. The molecule has 3 aromatic carbocycles. The van der Waals surface area contributed by atoms with Crippen molar-refractivity contribution in [1.29, 1.82) is 0 Å². The van der Waals surface area contributed by atoms with Crippen molar-refractivity contribution >= 4 is 81.8 Å². The van der Waals surface area contributed by atoms with Crippen LogP contribution in [0.15, 0.2) is 145 Å². The Kier molecular flexibility index (Phi) is 45.0. The second-order valence-electron chi connectivity index (χ2n) is 40.6. The number of benzene rings is 3. The summed E-state index contributed by atoms with van der Waals surface area (Å²) < 4.78 is 95.9.